The average molecular weight is 264 g/mol. The number of rotatable bonds is 4. The van der Waals surface area contributed by atoms with E-state index in [1.54, 1.807) is 6.92 Å². The molecule has 2 N–H and O–H groups in total. The lowest BCUT2D eigenvalue weighted by atomic mass is 10.1. The zero-order valence-electron chi connectivity index (χ0n) is 11.3. The number of nitriles is 1. The molecule has 0 aliphatic carbocycles. The van der Waals surface area contributed by atoms with Crippen LogP contribution in [-0.2, 0) is 6.54 Å². The van der Waals surface area contributed by atoms with Crippen LogP contribution in [0.15, 0.2) is 59.6 Å². The normalized spacial score (nSPS) is 10.7. The summed E-state index contributed by atoms with van der Waals surface area (Å²) in [6.07, 6.45) is 1.86. The molecular weight excluding hydrogens is 248 g/mol. The van der Waals surface area contributed by atoms with Crippen molar-refractivity contribution in [3.63, 3.8) is 0 Å². The standard InChI is InChI=1S/C16H16N4/c1-13(19-12-17)18-11-14-7-5-6-10-16(14)20-15-8-3-2-4-9-15/h2-10,20H,11H2,1H3,(H,18,19). The highest BCUT2D eigenvalue weighted by Crippen LogP contribution is 2.21. The molecule has 0 spiro atoms. The molecule has 0 saturated heterocycles. The number of anilines is 2. The highest BCUT2D eigenvalue weighted by molar-refractivity contribution is 5.81. The van der Waals surface area contributed by atoms with Gasteiger partial charge in [0.05, 0.1) is 6.54 Å². The number of nitrogens with one attached hydrogen (secondary N) is 2. The highest BCUT2D eigenvalue weighted by Gasteiger charge is 2.01. The number of aliphatic imine (C=N–C) groups is 1. The maximum absolute atomic E-state index is 8.53. The van der Waals surface area contributed by atoms with Gasteiger partial charge >= 0.3 is 0 Å². The van der Waals surface area contributed by atoms with Crippen LogP contribution in [0.2, 0.25) is 0 Å². The maximum atomic E-state index is 8.53. The minimum atomic E-state index is 0.524. The second kappa shape index (κ2) is 6.95. The molecule has 0 aliphatic rings. The van der Waals surface area contributed by atoms with Crippen LogP contribution in [0, 0.1) is 11.5 Å². The molecule has 0 unspecified atom stereocenters. The maximum Gasteiger partial charge on any atom is 0.182 e. The molecular formula is C16H16N4. The van der Waals surface area contributed by atoms with Crippen molar-refractivity contribution >= 4 is 17.2 Å². The van der Waals surface area contributed by atoms with E-state index in [2.05, 4.69) is 15.6 Å². The Morgan fingerprint density at radius 3 is 2.55 bits per heavy atom. The number of para-hydroxylation sites is 2. The Labute approximate surface area is 118 Å². The summed E-state index contributed by atoms with van der Waals surface area (Å²) in [5.74, 6) is 0.613. The molecule has 0 saturated carbocycles. The van der Waals surface area contributed by atoms with E-state index < -0.39 is 0 Å². The molecule has 0 atom stereocenters. The van der Waals surface area contributed by atoms with Crippen molar-refractivity contribution in [2.75, 3.05) is 5.32 Å². The van der Waals surface area contributed by atoms with Crippen LogP contribution in [0.1, 0.15) is 12.5 Å². The molecule has 0 radical (unpaired) electrons. The van der Waals surface area contributed by atoms with E-state index in [9.17, 15) is 0 Å². The molecule has 100 valence electrons. The third kappa shape index (κ3) is 3.85. The van der Waals surface area contributed by atoms with Crippen molar-refractivity contribution in [3.05, 3.63) is 60.2 Å². The third-order valence-corrected chi connectivity index (χ3v) is 2.79. The van der Waals surface area contributed by atoms with Crippen LogP contribution in [0.3, 0.4) is 0 Å². The topological polar surface area (TPSA) is 60.2 Å². The molecule has 20 heavy (non-hydrogen) atoms. The van der Waals surface area contributed by atoms with Crippen molar-refractivity contribution in [1.29, 1.82) is 5.26 Å². The summed E-state index contributed by atoms with van der Waals surface area (Å²) >= 11 is 0. The summed E-state index contributed by atoms with van der Waals surface area (Å²) in [5, 5.41) is 14.4. The second-order valence-corrected chi connectivity index (χ2v) is 4.29. The lowest BCUT2D eigenvalue weighted by Crippen LogP contribution is -2.13. The van der Waals surface area contributed by atoms with E-state index in [1.807, 2.05) is 60.8 Å². The summed E-state index contributed by atoms with van der Waals surface area (Å²) in [4.78, 5) is 4.33. The number of nitrogens with zero attached hydrogens (tertiary/aromatic N) is 2. The summed E-state index contributed by atoms with van der Waals surface area (Å²) in [6.45, 7) is 2.30. The van der Waals surface area contributed by atoms with Crippen LogP contribution in [0.4, 0.5) is 11.4 Å². The Morgan fingerprint density at radius 1 is 1.10 bits per heavy atom. The van der Waals surface area contributed by atoms with Crippen molar-refractivity contribution in [2.24, 2.45) is 4.99 Å². The Morgan fingerprint density at radius 2 is 1.80 bits per heavy atom. The van der Waals surface area contributed by atoms with Gasteiger partial charge in [-0.25, -0.2) is 0 Å². The van der Waals surface area contributed by atoms with Gasteiger partial charge in [-0.1, -0.05) is 36.4 Å². The molecule has 2 aromatic rings. The molecule has 0 bridgehead atoms. The number of benzene rings is 2. The summed E-state index contributed by atoms with van der Waals surface area (Å²) < 4.78 is 0. The predicted molar refractivity (Wildman–Crippen MR) is 81.7 cm³/mol. The number of hydrogen-bond acceptors (Lipinski definition) is 3. The van der Waals surface area contributed by atoms with Crippen LogP contribution >= 0.6 is 0 Å². The van der Waals surface area contributed by atoms with Gasteiger partial charge in [0.1, 0.15) is 5.84 Å². The Bertz CT molecular complexity index is 626. The van der Waals surface area contributed by atoms with Gasteiger partial charge in [0.25, 0.3) is 0 Å². The first kappa shape index (κ1) is 13.6. The SMILES string of the molecule is CC(=NCc1ccccc1Nc1ccccc1)NC#N. The smallest absolute Gasteiger partial charge is 0.182 e. The lowest BCUT2D eigenvalue weighted by Gasteiger charge is -2.10. The fourth-order valence-electron chi connectivity index (χ4n) is 1.78. The van der Waals surface area contributed by atoms with Gasteiger partial charge in [-0.2, -0.15) is 5.26 Å². The molecule has 0 amide bonds. The Hall–Kier alpha value is -2.80. The molecule has 4 heteroatoms. The fourth-order valence-corrected chi connectivity index (χ4v) is 1.78. The van der Waals surface area contributed by atoms with Crippen LogP contribution in [0.25, 0.3) is 0 Å². The lowest BCUT2D eigenvalue weighted by molar-refractivity contribution is 1.04. The molecule has 0 aromatic heterocycles. The first-order chi connectivity index (χ1) is 9.79. The molecule has 2 rings (SSSR count). The van der Waals surface area contributed by atoms with Gasteiger partial charge < -0.3 is 5.32 Å². The van der Waals surface area contributed by atoms with Gasteiger partial charge in [-0.05, 0) is 30.7 Å². The van der Waals surface area contributed by atoms with Crippen LogP contribution in [0.5, 0.6) is 0 Å². The fraction of sp³-hybridized carbons (Fsp3) is 0.125. The molecule has 2 aromatic carbocycles. The van der Waals surface area contributed by atoms with E-state index in [4.69, 9.17) is 5.26 Å². The largest absolute Gasteiger partial charge is 0.355 e. The summed E-state index contributed by atoms with van der Waals surface area (Å²) in [5.41, 5.74) is 3.14. The van der Waals surface area contributed by atoms with Gasteiger partial charge in [0.15, 0.2) is 6.19 Å². The molecule has 0 aliphatic heterocycles. The average Bonchev–Trinajstić information content (AvgIpc) is 2.48. The van der Waals surface area contributed by atoms with Gasteiger partial charge in [-0.3, -0.25) is 10.3 Å². The van der Waals surface area contributed by atoms with Gasteiger partial charge in [0.2, 0.25) is 0 Å². The zero-order valence-corrected chi connectivity index (χ0v) is 11.3. The third-order valence-electron chi connectivity index (χ3n) is 2.79. The van der Waals surface area contributed by atoms with E-state index in [0.29, 0.717) is 12.4 Å². The first-order valence-electron chi connectivity index (χ1n) is 6.36. The zero-order chi connectivity index (χ0) is 14.2. The predicted octanol–water partition coefficient (Wildman–Crippen LogP) is 3.42. The van der Waals surface area contributed by atoms with Crippen molar-refractivity contribution in [3.8, 4) is 6.19 Å². The van der Waals surface area contributed by atoms with Gasteiger partial charge in [-0.15, -0.1) is 0 Å². The van der Waals surface area contributed by atoms with Crippen molar-refractivity contribution in [1.82, 2.24) is 5.32 Å². The van der Waals surface area contributed by atoms with Crippen molar-refractivity contribution < 1.29 is 0 Å². The summed E-state index contributed by atoms with van der Waals surface area (Å²) in [6, 6.07) is 18.0. The number of amidine groups is 1. The van der Waals surface area contributed by atoms with E-state index in [1.165, 1.54) is 0 Å². The quantitative estimate of drug-likeness (QED) is 0.385. The van der Waals surface area contributed by atoms with E-state index in [-0.39, 0.29) is 0 Å². The minimum absolute atomic E-state index is 0.524. The van der Waals surface area contributed by atoms with Gasteiger partial charge in [0, 0.05) is 11.4 Å². The summed E-state index contributed by atoms with van der Waals surface area (Å²) in [7, 11) is 0. The Balaban J connectivity index is 2.15. The molecule has 4 nitrogen and oxygen atoms in total. The first-order valence-corrected chi connectivity index (χ1v) is 6.36. The highest BCUT2D eigenvalue weighted by atomic mass is 15.0. The van der Waals surface area contributed by atoms with Crippen LogP contribution in [-0.4, -0.2) is 5.84 Å². The minimum Gasteiger partial charge on any atom is -0.355 e. The monoisotopic (exact) mass is 264 g/mol. The van der Waals surface area contributed by atoms with Crippen LogP contribution < -0.4 is 10.6 Å². The van der Waals surface area contributed by atoms with E-state index in [0.717, 1.165) is 16.9 Å². The molecule has 0 fully saturated rings. The van der Waals surface area contributed by atoms with E-state index >= 15 is 0 Å². The second-order valence-electron chi connectivity index (χ2n) is 4.29. The number of hydrogen-bond donors (Lipinski definition) is 2. The van der Waals surface area contributed by atoms with Crippen molar-refractivity contribution in [2.45, 2.75) is 13.5 Å². The molecule has 0 heterocycles. The Kier molecular flexibility index (Phi) is 4.74.